The highest BCUT2D eigenvalue weighted by Gasteiger charge is 1.95. The van der Waals surface area contributed by atoms with Gasteiger partial charge in [-0.1, -0.05) is 17.7 Å². The summed E-state index contributed by atoms with van der Waals surface area (Å²) in [5, 5.41) is 4.03. The molecule has 0 aliphatic rings. The van der Waals surface area contributed by atoms with E-state index < -0.39 is 0 Å². The average molecular weight is 233 g/mol. The molecule has 0 aliphatic heterocycles. The van der Waals surface area contributed by atoms with E-state index in [1.165, 1.54) is 0 Å². The first kappa shape index (κ1) is 8.56. The summed E-state index contributed by atoms with van der Waals surface area (Å²) in [5.74, 6) is 4.96. The molecule has 2 nitrogen and oxygen atoms in total. The number of nitrogens with zero attached hydrogens (tertiary/aromatic N) is 1. The number of halogens is 2. The zero-order valence-electron chi connectivity index (χ0n) is 5.59. The second-order valence-electron chi connectivity index (χ2n) is 1.95. The SMILES string of the molecule is N/N=C/c1ccc(Br)c(Cl)c1. The topological polar surface area (TPSA) is 38.4 Å². The van der Waals surface area contributed by atoms with E-state index in [1.54, 1.807) is 12.3 Å². The maximum atomic E-state index is 5.80. The highest BCUT2D eigenvalue weighted by atomic mass is 79.9. The standard InChI is InChI=1S/C7H6BrClN2/c8-6-2-1-5(4-11-10)3-7(6)9/h1-4H,10H2/b11-4+. The fourth-order valence-electron chi connectivity index (χ4n) is 0.679. The molecule has 0 aliphatic carbocycles. The summed E-state index contributed by atoms with van der Waals surface area (Å²) < 4.78 is 0.869. The van der Waals surface area contributed by atoms with Crippen molar-refractivity contribution in [1.29, 1.82) is 0 Å². The molecule has 2 N–H and O–H groups in total. The van der Waals surface area contributed by atoms with Crippen LogP contribution in [0.15, 0.2) is 27.8 Å². The quantitative estimate of drug-likeness (QED) is 0.451. The Bertz CT molecular complexity index is 286. The lowest BCUT2D eigenvalue weighted by Gasteiger charge is -1.95. The van der Waals surface area contributed by atoms with Crippen LogP contribution in [0.5, 0.6) is 0 Å². The van der Waals surface area contributed by atoms with E-state index in [0.29, 0.717) is 5.02 Å². The summed E-state index contributed by atoms with van der Waals surface area (Å²) in [4.78, 5) is 0. The van der Waals surface area contributed by atoms with Gasteiger partial charge in [0.2, 0.25) is 0 Å². The van der Waals surface area contributed by atoms with Gasteiger partial charge in [-0.05, 0) is 33.6 Å². The summed E-state index contributed by atoms with van der Waals surface area (Å²) in [6.45, 7) is 0. The molecule has 1 aromatic rings. The summed E-state index contributed by atoms with van der Waals surface area (Å²) in [5.41, 5.74) is 0.890. The van der Waals surface area contributed by atoms with E-state index in [4.69, 9.17) is 17.4 Å². The molecule has 4 heteroatoms. The van der Waals surface area contributed by atoms with Crippen molar-refractivity contribution in [2.24, 2.45) is 10.9 Å². The number of hydrazone groups is 1. The van der Waals surface area contributed by atoms with Crippen molar-refractivity contribution in [2.75, 3.05) is 0 Å². The monoisotopic (exact) mass is 232 g/mol. The molecule has 58 valence electrons. The van der Waals surface area contributed by atoms with Crippen molar-refractivity contribution in [3.63, 3.8) is 0 Å². The first-order valence-electron chi connectivity index (χ1n) is 2.92. The number of benzene rings is 1. The van der Waals surface area contributed by atoms with E-state index in [1.807, 2.05) is 12.1 Å². The van der Waals surface area contributed by atoms with Crippen LogP contribution >= 0.6 is 27.5 Å². The van der Waals surface area contributed by atoms with Gasteiger partial charge in [0.15, 0.2) is 0 Å². The van der Waals surface area contributed by atoms with Gasteiger partial charge < -0.3 is 5.84 Å². The average Bonchev–Trinajstić information content (AvgIpc) is 1.98. The van der Waals surface area contributed by atoms with Crippen LogP contribution in [0, 0.1) is 0 Å². The first-order chi connectivity index (χ1) is 5.24. The highest BCUT2D eigenvalue weighted by Crippen LogP contribution is 2.22. The molecule has 0 unspecified atom stereocenters. The van der Waals surface area contributed by atoms with Crippen LogP contribution in [0.1, 0.15) is 5.56 Å². The molecular formula is C7H6BrClN2. The fourth-order valence-corrected chi connectivity index (χ4v) is 1.11. The Morgan fingerprint density at radius 1 is 1.55 bits per heavy atom. The van der Waals surface area contributed by atoms with Crippen molar-refractivity contribution >= 4 is 33.7 Å². The zero-order chi connectivity index (χ0) is 8.27. The second kappa shape index (κ2) is 3.74. The molecule has 0 radical (unpaired) electrons. The first-order valence-corrected chi connectivity index (χ1v) is 4.09. The molecule has 0 atom stereocenters. The summed E-state index contributed by atoms with van der Waals surface area (Å²) in [6, 6.07) is 5.49. The van der Waals surface area contributed by atoms with Gasteiger partial charge in [0.05, 0.1) is 11.2 Å². The van der Waals surface area contributed by atoms with Gasteiger partial charge in [-0.15, -0.1) is 0 Å². The van der Waals surface area contributed by atoms with Crippen molar-refractivity contribution in [3.05, 3.63) is 33.3 Å². The minimum absolute atomic E-state index is 0.655. The van der Waals surface area contributed by atoms with E-state index in [2.05, 4.69) is 21.0 Å². The maximum absolute atomic E-state index is 5.80. The molecule has 1 rings (SSSR count). The predicted molar refractivity (Wildman–Crippen MR) is 50.9 cm³/mol. The Morgan fingerprint density at radius 2 is 2.27 bits per heavy atom. The van der Waals surface area contributed by atoms with E-state index in [9.17, 15) is 0 Å². The third-order valence-corrected chi connectivity index (χ3v) is 2.40. The van der Waals surface area contributed by atoms with Gasteiger partial charge in [-0.3, -0.25) is 0 Å². The van der Waals surface area contributed by atoms with Gasteiger partial charge in [-0.25, -0.2) is 0 Å². The molecule has 1 aromatic carbocycles. The molecule has 0 fully saturated rings. The van der Waals surface area contributed by atoms with Crippen molar-refractivity contribution in [1.82, 2.24) is 0 Å². The second-order valence-corrected chi connectivity index (χ2v) is 3.21. The fraction of sp³-hybridized carbons (Fsp3) is 0. The van der Waals surface area contributed by atoms with Crippen LogP contribution in [0.2, 0.25) is 5.02 Å². The van der Waals surface area contributed by atoms with Crippen molar-refractivity contribution in [2.45, 2.75) is 0 Å². The molecule has 0 aromatic heterocycles. The maximum Gasteiger partial charge on any atom is 0.0554 e. The lowest BCUT2D eigenvalue weighted by Crippen LogP contribution is -1.85. The third kappa shape index (κ3) is 2.20. The lowest BCUT2D eigenvalue weighted by molar-refractivity contribution is 1.26. The minimum atomic E-state index is 0.655. The molecule has 0 saturated heterocycles. The largest absolute Gasteiger partial charge is 0.323 e. The van der Waals surface area contributed by atoms with Gasteiger partial charge in [0, 0.05) is 4.47 Å². The Morgan fingerprint density at radius 3 is 2.82 bits per heavy atom. The zero-order valence-corrected chi connectivity index (χ0v) is 7.93. The third-order valence-electron chi connectivity index (χ3n) is 1.17. The molecule has 0 spiro atoms. The molecule has 0 bridgehead atoms. The van der Waals surface area contributed by atoms with Gasteiger partial charge in [0.25, 0.3) is 0 Å². The van der Waals surface area contributed by atoms with Crippen LogP contribution < -0.4 is 5.84 Å². The number of nitrogens with two attached hydrogens (primary N) is 1. The van der Waals surface area contributed by atoms with Crippen molar-refractivity contribution < 1.29 is 0 Å². The Hall–Kier alpha value is -0.540. The van der Waals surface area contributed by atoms with E-state index in [-0.39, 0.29) is 0 Å². The van der Waals surface area contributed by atoms with E-state index >= 15 is 0 Å². The van der Waals surface area contributed by atoms with Gasteiger partial charge in [0.1, 0.15) is 0 Å². The number of rotatable bonds is 1. The van der Waals surface area contributed by atoms with Crippen LogP contribution in [0.4, 0.5) is 0 Å². The van der Waals surface area contributed by atoms with E-state index in [0.717, 1.165) is 10.0 Å². The Kier molecular flexibility index (Phi) is 2.91. The molecule has 0 saturated carbocycles. The summed E-state index contributed by atoms with van der Waals surface area (Å²) >= 11 is 9.07. The number of hydrogen-bond donors (Lipinski definition) is 1. The molecule has 0 heterocycles. The molecule has 0 amide bonds. The normalized spacial score (nSPS) is 10.7. The lowest BCUT2D eigenvalue weighted by atomic mass is 10.2. The predicted octanol–water partition coefficient (Wildman–Crippen LogP) is 2.40. The van der Waals surface area contributed by atoms with Crippen LogP contribution in [0.25, 0.3) is 0 Å². The molecule has 11 heavy (non-hydrogen) atoms. The van der Waals surface area contributed by atoms with Crippen LogP contribution in [-0.4, -0.2) is 6.21 Å². The van der Waals surface area contributed by atoms with Gasteiger partial charge in [-0.2, -0.15) is 5.10 Å². The molecular weight excluding hydrogens is 227 g/mol. The van der Waals surface area contributed by atoms with Gasteiger partial charge >= 0.3 is 0 Å². The smallest absolute Gasteiger partial charge is 0.0554 e. The summed E-state index contributed by atoms with van der Waals surface area (Å²) in [7, 11) is 0. The van der Waals surface area contributed by atoms with Crippen LogP contribution in [0.3, 0.4) is 0 Å². The summed E-state index contributed by atoms with van der Waals surface area (Å²) in [6.07, 6.45) is 1.54. The Balaban J connectivity index is 3.05. The minimum Gasteiger partial charge on any atom is -0.323 e. The highest BCUT2D eigenvalue weighted by molar-refractivity contribution is 9.10. The Labute approximate surface area is 78.2 Å². The number of hydrogen-bond acceptors (Lipinski definition) is 2. The van der Waals surface area contributed by atoms with Crippen LogP contribution in [-0.2, 0) is 0 Å². The van der Waals surface area contributed by atoms with Crippen molar-refractivity contribution in [3.8, 4) is 0 Å².